The van der Waals surface area contributed by atoms with Crippen molar-refractivity contribution in [2.75, 3.05) is 26.7 Å². The maximum absolute atomic E-state index is 12.1. The van der Waals surface area contributed by atoms with E-state index in [2.05, 4.69) is 5.32 Å². The van der Waals surface area contributed by atoms with E-state index < -0.39 is 10.8 Å². The van der Waals surface area contributed by atoms with Crippen LogP contribution in [0.2, 0.25) is 0 Å². The summed E-state index contributed by atoms with van der Waals surface area (Å²) >= 11 is 5.70. The third-order valence-electron chi connectivity index (χ3n) is 2.53. The number of benzene rings is 1. The van der Waals surface area contributed by atoms with Crippen LogP contribution < -0.4 is 10.1 Å². The molecular weight excluding hydrogens is 288 g/mol. The smallest absolute Gasteiger partial charge is 0.273 e. The molecule has 7 nitrogen and oxygen atoms in total. The van der Waals surface area contributed by atoms with Crippen molar-refractivity contribution in [1.82, 2.24) is 5.32 Å². The molecule has 0 heterocycles. The zero-order valence-corrected chi connectivity index (χ0v) is 11.8. The summed E-state index contributed by atoms with van der Waals surface area (Å²) in [4.78, 5) is 22.2. The van der Waals surface area contributed by atoms with Crippen LogP contribution >= 0.6 is 11.6 Å². The topological polar surface area (TPSA) is 90.7 Å². The Bertz CT molecular complexity index is 495. The van der Waals surface area contributed by atoms with Crippen molar-refractivity contribution in [2.24, 2.45) is 0 Å². The second-order valence-corrected chi connectivity index (χ2v) is 4.23. The fourth-order valence-corrected chi connectivity index (χ4v) is 1.74. The highest BCUT2D eigenvalue weighted by molar-refractivity contribution is 6.18. The van der Waals surface area contributed by atoms with Crippen LogP contribution in [0.4, 0.5) is 5.69 Å². The number of ether oxygens (including phenoxy) is 2. The number of carbonyl (C=O) groups is 1. The van der Waals surface area contributed by atoms with Crippen molar-refractivity contribution in [2.45, 2.75) is 6.04 Å². The fraction of sp³-hybridized carbons (Fsp3) is 0.417. The molecule has 0 saturated heterocycles. The molecule has 1 N–H and O–H groups in total. The van der Waals surface area contributed by atoms with E-state index in [1.165, 1.54) is 32.4 Å². The molecule has 0 fully saturated rings. The predicted molar refractivity (Wildman–Crippen MR) is 73.5 cm³/mol. The van der Waals surface area contributed by atoms with Crippen molar-refractivity contribution < 1.29 is 19.2 Å². The molecule has 0 aliphatic carbocycles. The van der Waals surface area contributed by atoms with Gasteiger partial charge in [-0.2, -0.15) is 0 Å². The van der Waals surface area contributed by atoms with E-state index in [1.54, 1.807) is 0 Å². The zero-order chi connectivity index (χ0) is 15.1. The molecule has 0 bridgehead atoms. The number of nitro benzene ring substituents is 1. The fourth-order valence-electron chi connectivity index (χ4n) is 1.57. The van der Waals surface area contributed by atoms with Crippen LogP contribution in [0, 0.1) is 10.1 Å². The Morgan fingerprint density at radius 3 is 2.70 bits per heavy atom. The summed E-state index contributed by atoms with van der Waals surface area (Å²) in [6.45, 7) is 0.268. The first kappa shape index (κ1) is 16.2. The molecule has 1 atom stereocenters. The molecule has 0 aliphatic rings. The van der Waals surface area contributed by atoms with Gasteiger partial charge in [-0.25, -0.2) is 0 Å². The molecular formula is C12H15ClN2O5. The Labute approximate surface area is 121 Å². The van der Waals surface area contributed by atoms with Gasteiger partial charge in [0.2, 0.25) is 0 Å². The molecule has 1 aromatic carbocycles. The van der Waals surface area contributed by atoms with Crippen LogP contribution in [0.15, 0.2) is 18.2 Å². The summed E-state index contributed by atoms with van der Waals surface area (Å²) in [5.74, 6) is -0.114. The molecule has 1 amide bonds. The SMILES string of the molecule is COCC(CCl)NC(=O)c1ccc([N+](=O)[O-])cc1OC. The Morgan fingerprint density at radius 1 is 1.50 bits per heavy atom. The Kier molecular flexibility index (Phi) is 6.20. The van der Waals surface area contributed by atoms with Gasteiger partial charge in [0.15, 0.2) is 0 Å². The van der Waals surface area contributed by atoms with Crippen molar-refractivity contribution in [3.05, 3.63) is 33.9 Å². The number of halogens is 1. The molecule has 0 aliphatic heterocycles. The standard InChI is InChI=1S/C12H15ClN2O5/c1-19-7-8(6-13)14-12(16)10-4-3-9(15(17)18)5-11(10)20-2/h3-5,8H,6-7H2,1-2H3,(H,14,16). The van der Waals surface area contributed by atoms with Gasteiger partial charge in [0.25, 0.3) is 11.6 Å². The summed E-state index contributed by atoms with van der Waals surface area (Å²) < 4.78 is 9.92. The van der Waals surface area contributed by atoms with Gasteiger partial charge in [-0.05, 0) is 6.07 Å². The van der Waals surface area contributed by atoms with Crippen molar-refractivity contribution >= 4 is 23.2 Å². The lowest BCUT2D eigenvalue weighted by atomic mass is 10.1. The van der Waals surface area contributed by atoms with E-state index >= 15 is 0 Å². The van der Waals surface area contributed by atoms with Gasteiger partial charge >= 0.3 is 0 Å². The Hall–Kier alpha value is -1.86. The van der Waals surface area contributed by atoms with Gasteiger partial charge in [-0.1, -0.05) is 0 Å². The van der Waals surface area contributed by atoms with Crippen LogP contribution in [-0.4, -0.2) is 43.6 Å². The lowest BCUT2D eigenvalue weighted by Crippen LogP contribution is -2.39. The second-order valence-electron chi connectivity index (χ2n) is 3.92. The normalized spacial score (nSPS) is 11.8. The highest BCUT2D eigenvalue weighted by Crippen LogP contribution is 2.24. The van der Waals surface area contributed by atoms with Crippen LogP contribution in [0.5, 0.6) is 5.75 Å². The number of alkyl halides is 1. The number of nitrogens with one attached hydrogen (secondary N) is 1. The Morgan fingerprint density at radius 2 is 2.20 bits per heavy atom. The number of carbonyl (C=O) groups excluding carboxylic acids is 1. The molecule has 0 radical (unpaired) electrons. The van der Waals surface area contributed by atoms with Crippen molar-refractivity contribution in [1.29, 1.82) is 0 Å². The number of rotatable bonds is 7. The summed E-state index contributed by atoms with van der Waals surface area (Å²) in [5.41, 5.74) is 0.0495. The average molecular weight is 303 g/mol. The largest absolute Gasteiger partial charge is 0.496 e. The van der Waals surface area contributed by atoms with Crippen molar-refractivity contribution in [3.63, 3.8) is 0 Å². The van der Waals surface area contributed by atoms with Gasteiger partial charge in [-0.15, -0.1) is 11.6 Å². The molecule has 8 heteroatoms. The maximum atomic E-state index is 12.1. The highest BCUT2D eigenvalue weighted by Gasteiger charge is 2.19. The quantitative estimate of drug-likeness (QED) is 0.469. The summed E-state index contributed by atoms with van der Waals surface area (Å²) in [7, 11) is 2.84. The number of non-ortho nitro benzene ring substituents is 1. The van der Waals surface area contributed by atoms with Gasteiger partial charge < -0.3 is 14.8 Å². The molecule has 1 rings (SSSR count). The maximum Gasteiger partial charge on any atom is 0.273 e. The van der Waals surface area contributed by atoms with E-state index in [9.17, 15) is 14.9 Å². The van der Waals surface area contributed by atoms with Crippen LogP contribution in [0.25, 0.3) is 0 Å². The molecule has 1 aromatic rings. The average Bonchev–Trinajstić information content (AvgIpc) is 2.45. The van der Waals surface area contributed by atoms with Gasteiger partial charge in [-0.3, -0.25) is 14.9 Å². The van der Waals surface area contributed by atoms with E-state index in [0.717, 1.165) is 0 Å². The predicted octanol–water partition coefficient (Wildman–Crippen LogP) is 1.59. The molecule has 1 unspecified atom stereocenters. The molecule has 0 spiro atoms. The minimum atomic E-state index is -0.559. The molecule has 110 valence electrons. The Balaban J connectivity index is 2.94. The van der Waals surface area contributed by atoms with E-state index in [4.69, 9.17) is 21.1 Å². The number of hydrogen-bond acceptors (Lipinski definition) is 5. The molecule has 0 aromatic heterocycles. The monoisotopic (exact) mass is 302 g/mol. The van der Waals surface area contributed by atoms with Gasteiger partial charge in [0.05, 0.1) is 36.3 Å². The van der Waals surface area contributed by atoms with E-state index in [1.807, 2.05) is 0 Å². The van der Waals surface area contributed by atoms with Crippen LogP contribution in [-0.2, 0) is 4.74 Å². The minimum absolute atomic E-state index is 0.127. The minimum Gasteiger partial charge on any atom is -0.496 e. The van der Waals surface area contributed by atoms with Crippen LogP contribution in [0.1, 0.15) is 10.4 Å². The first-order valence-electron chi connectivity index (χ1n) is 5.71. The number of methoxy groups -OCH3 is 2. The summed E-state index contributed by atoms with van der Waals surface area (Å²) in [5, 5.41) is 13.3. The lowest BCUT2D eigenvalue weighted by Gasteiger charge is -2.16. The lowest BCUT2D eigenvalue weighted by molar-refractivity contribution is -0.384. The van der Waals surface area contributed by atoms with Gasteiger partial charge in [0, 0.05) is 19.1 Å². The van der Waals surface area contributed by atoms with Crippen molar-refractivity contribution in [3.8, 4) is 5.75 Å². The van der Waals surface area contributed by atoms with Gasteiger partial charge in [0.1, 0.15) is 5.75 Å². The second kappa shape index (κ2) is 7.66. The third-order valence-corrected chi connectivity index (χ3v) is 2.90. The van der Waals surface area contributed by atoms with E-state index in [-0.39, 0.29) is 35.5 Å². The summed E-state index contributed by atoms with van der Waals surface area (Å²) in [6.07, 6.45) is 0. The number of amides is 1. The first-order valence-corrected chi connectivity index (χ1v) is 6.25. The highest BCUT2D eigenvalue weighted by atomic mass is 35.5. The third kappa shape index (κ3) is 4.07. The number of hydrogen-bond donors (Lipinski definition) is 1. The zero-order valence-electron chi connectivity index (χ0n) is 11.1. The molecule has 0 saturated carbocycles. The number of nitro groups is 1. The van der Waals surface area contributed by atoms with E-state index in [0.29, 0.717) is 0 Å². The first-order chi connectivity index (χ1) is 9.53. The molecule has 20 heavy (non-hydrogen) atoms. The number of nitrogens with zero attached hydrogens (tertiary/aromatic N) is 1. The van der Waals surface area contributed by atoms with Crippen LogP contribution in [0.3, 0.4) is 0 Å². The summed E-state index contributed by atoms with van der Waals surface area (Å²) in [6, 6.07) is 3.42.